The van der Waals surface area contributed by atoms with Gasteiger partial charge >= 0.3 is 0 Å². The highest BCUT2D eigenvalue weighted by Gasteiger charge is 2.44. The smallest absolute Gasteiger partial charge is 0.223 e. The molecule has 2 aliphatic rings. The molecule has 5 nitrogen and oxygen atoms in total. The maximum atomic E-state index is 12.1. The minimum atomic E-state index is -2.98. The van der Waals surface area contributed by atoms with E-state index in [9.17, 15) is 13.2 Å². The van der Waals surface area contributed by atoms with E-state index in [4.69, 9.17) is 0 Å². The third kappa shape index (κ3) is 2.80. The van der Waals surface area contributed by atoms with E-state index in [1.54, 1.807) is 4.90 Å². The zero-order valence-corrected chi connectivity index (χ0v) is 11.2. The molecular formula is C11H20N2O3S. The van der Waals surface area contributed by atoms with Crippen LogP contribution in [0, 0.1) is 5.92 Å². The highest BCUT2D eigenvalue weighted by atomic mass is 32.2. The predicted octanol–water partition coefficient (Wildman–Crippen LogP) is -0.370. The Balaban J connectivity index is 2.10. The fourth-order valence-electron chi connectivity index (χ4n) is 2.64. The molecule has 6 heteroatoms. The fraction of sp³-hybridized carbons (Fsp3) is 0.909. The lowest BCUT2D eigenvalue weighted by atomic mass is 10.0. The average Bonchev–Trinajstić information content (AvgIpc) is 2.49. The lowest BCUT2D eigenvalue weighted by Crippen LogP contribution is -2.59. The van der Waals surface area contributed by atoms with Gasteiger partial charge in [-0.05, 0) is 5.92 Å². The first-order chi connectivity index (χ1) is 7.89. The van der Waals surface area contributed by atoms with Crippen molar-refractivity contribution in [3.8, 4) is 0 Å². The number of fused-ring (bicyclic) bond motifs is 1. The number of carbonyl (C=O) groups is 1. The maximum absolute atomic E-state index is 12.1. The van der Waals surface area contributed by atoms with Gasteiger partial charge in [0.15, 0.2) is 9.84 Å². The summed E-state index contributed by atoms with van der Waals surface area (Å²) in [6, 6.07) is -0.218. The fourth-order valence-corrected chi connectivity index (χ4v) is 4.60. The van der Waals surface area contributed by atoms with Gasteiger partial charge in [-0.1, -0.05) is 13.8 Å². The molecule has 2 heterocycles. The van der Waals surface area contributed by atoms with Crippen LogP contribution in [0.2, 0.25) is 0 Å². The van der Waals surface area contributed by atoms with Crippen molar-refractivity contribution in [3.05, 3.63) is 0 Å². The normalized spacial score (nSPS) is 31.6. The van der Waals surface area contributed by atoms with E-state index in [1.165, 1.54) is 0 Å². The van der Waals surface area contributed by atoms with Crippen LogP contribution >= 0.6 is 0 Å². The Morgan fingerprint density at radius 3 is 2.76 bits per heavy atom. The summed E-state index contributed by atoms with van der Waals surface area (Å²) in [4.78, 5) is 13.8. The van der Waals surface area contributed by atoms with Gasteiger partial charge in [0, 0.05) is 25.6 Å². The van der Waals surface area contributed by atoms with Crippen molar-refractivity contribution in [3.63, 3.8) is 0 Å². The minimum Gasteiger partial charge on any atom is -0.336 e. The van der Waals surface area contributed by atoms with Gasteiger partial charge in [-0.25, -0.2) is 8.42 Å². The van der Waals surface area contributed by atoms with Crippen LogP contribution in [0.3, 0.4) is 0 Å². The quantitative estimate of drug-likeness (QED) is 0.735. The van der Waals surface area contributed by atoms with Crippen LogP contribution < -0.4 is 5.32 Å². The molecule has 0 aromatic heterocycles. The highest BCUT2D eigenvalue weighted by molar-refractivity contribution is 7.91. The summed E-state index contributed by atoms with van der Waals surface area (Å²) in [5.41, 5.74) is 0. The maximum Gasteiger partial charge on any atom is 0.223 e. The van der Waals surface area contributed by atoms with Crippen molar-refractivity contribution in [2.45, 2.75) is 32.4 Å². The van der Waals surface area contributed by atoms with Crippen molar-refractivity contribution >= 4 is 15.7 Å². The summed E-state index contributed by atoms with van der Waals surface area (Å²) >= 11 is 0. The van der Waals surface area contributed by atoms with Crippen molar-refractivity contribution in [1.82, 2.24) is 10.2 Å². The molecule has 0 radical (unpaired) electrons. The van der Waals surface area contributed by atoms with Gasteiger partial charge in [-0.2, -0.15) is 0 Å². The average molecular weight is 260 g/mol. The van der Waals surface area contributed by atoms with Crippen LogP contribution in [0.5, 0.6) is 0 Å². The molecule has 0 bridgehead atoms. The van der Waals surface area contributed by atoms with Gasteiger partial charge in [-0.3, -0.25) is 4.79 Å². The van der Waals surface area contributed by atoms with Gasteiger partial charge < -0.3 is 10.2 Å². The Kier molecular flexibility index (Phi) is 3.45. The van der Waals surface area contributed by atoms with Crippen LogP contribution in [-0.4, -0.2) is 55.9 Å². The Labute approximate surface area is 102 Å². The highest BCUT2D eigenvalue weighted by Crippen LogP contribution is 2.22. The molecule has 1 amide bonds. The van der Waals surface area contributed by atoms with E-state index in [2.05, 4.69) is 5.32 Å². The second kappa shape index (κ2) is 4.57. The van der Waals surface area contributed by atoms with E-state index >= 15 is 0 Å². The summed E-state index contributed by atoms with van der Waals surface area (Å²) in [5.74, 6) is 0.694. The van der Waals surface area contributed by atoms with Gasteiger partial charge in [0.2, 0.25) is 5.91 Å². The monoisotopic (exact) mass is 260 g/mol. The number of hydrogen-bond acceptors (Lipinski definition) is 4. The SMILES string of the molecule is CC(C)CC(=O)N1CCN[C@@H]2CS(=O)(=O)C[C@H]21. The Bertz CT molecular complexity index is 405. The predicted molar refractivity (Wildman–Crippen MR) is 65.4 cm³/mol. The topological polar surface area (TPSA) is 66.5 Å². The number of amides is 1. The first-order valence-corrected chi connectivity index (χ1v) is 7.94. The third-order valence-corrected chi connectivity index (χ3v) is 5.10. The second-order valence-electron chi connectivity index (χ2n) is 5.39. The standard InChI is InChI=1S/C11H20N2O3S/c1-8(2)5-11(14)13-4-3-12-9-6-17(15,16)7-10(9)13/h8-10,12H,3-7H2,1-2H3/t9-,10-/m1/s1. The molecule has 2 fully saturated rings. The first kappa shape index (κ1) is 12.8. The summed E-state index contributed by atoms with van der Waals surface area (Å²) in [5, 5.41) is 3.20. The molecule has 0 aromatic rings. The zero-order chi connectivity index (χ0) is 12.6. The number of sulfone groups is 1. The van der Waals surface area contributed by atoms with Crippen LogP contribution in [0.4, 0.5) is 0 Å². The lowest BCUT2D eigenvalue weighted by molar-refractivity contribution is -0.135. The number of nitrogens with zero attached hydrogens (tertiary/aromatic N) is 1. The number of carbonyl (C=O) groups excluding carboxylic acids is 1. The first-order valence-electron chi connectivity index (χ1n) is 6.12. The Hall–Kier alpha value is -0.620. The van der Waals surface area contributed by atoms with Gasteiger partial charge in [0.1, 0.15) is 0 Å². The van der Waals surface area contributed by atoms with Crippen molar-refractivity contribution in [1.29, 1.82) is 0 Å². The molecule has 1 N–H and O–H groups in total. The summed E-state index contributed by atoms with van der Waals surface area (Å²) in [6.45, 7) is 5.33. The zero-order valence-electron chi connectivity index (χ0n) is 10.3. The van der Waals surface area contributed by atoms with E-state index in [0.29, 0.717) is 25.4 Å². The molecule has 0 unspecified atom stereocenters. The van der Waals surface area contributed by atoms with Crippen molar-refractivity contribution in [2.75, 3.05) is 24.6 Å². The summed E-state index contributed by atoms with van der Waals surface area (Å²) < 4.78 is 23.2. The molecule has 0 spiro atoms. The molecule has 17 heavy (non-hydrogen) atoms. The van der Waals surface area contributed by atoms with Crippen LogP contribution in [-0.2, 0) is 14.6 Å². The molecule has 0 saturated carbocycles. The van der Waals surface area contributed by atoms with Crippen LogP contribution in [0.1, 0.15) is 20.3 Å². The van der Waals surface area contributed by atoms with E-state index in [1.807, 2.05) is 13.8 Å². The number of rotatable bonds is 2. The van der Waals surface area contributed by atoms with Crippen molar-refractivity contribution in [2.24, 2.45) is 5.92 Å². The number of nitrogens with one attached hydrogen (secondary N) is 1. The molecule has 0 aliphatic carbocycles. The Morgan fingerprint density at radius 1 is 1.41 bits per heavy atom. The molecule has 98 valence electrons. The second-order valence-corrected chi connectivity index (χ2v) is 7.54. The molecule has 2 rings (SSSR count). The van der Waals surface area contributed by atoms with E-state index in [0.717, 1.165) is 0 Å². The molecule has 0 aromatic carbocycles. The lowest BCUT2D eigenvalue weighted by Gasteiger charge is -2.37. The Morgan fingerprint density at radius 2 is 2.12 bits per heavy atom. The number of piperazine rings is 1. The molecule has 2 atom stereocenters. The molecular weight excluding hydrogens is 240 g/mol. The van der Waals surface area contributed by atoms with Gasteiger partial charge in [0.25, 0.3) is 0 Å². The van der Waals surface area contributed by atoms with Gasteiger partial charge in [-0.15, -0.1) is 0 Å². The summed E-state index contributed by atoms with van der Waals surface area (Å²) in [7, 11) is -2.98. The van der Waals surface area contributed by atoms with Crippen LogP contribution in [0.25, 0.3) is 0 Å². The molecule has 2 aliphatic heterocycles. The number of hydrogen-bond donors (Lipinski definition) is 1. The van der Waals surface area contributed by atoms with E-state index in [-0.39, 0.29) is 29.5 Å². The van der Waals surface area contributed by atoms with Gasteiger partial charge in [0.05, 0.1) is 17.5 Å². The van der Waals surface area contributed by atoms with E-state index < -0.39 is 9.84 Å². The summed E-state index contributed by atoms with van der Waals surface area (Å²) in [6.07, 6.45) is 0.503. The third-order valence-electron chi connectivity index (χ3n) is 3.39. The minimum absolute atomic E-state index is 0.0649. The van der Waals surface area contributed by atoms with Crippen molar-refractivity contribution < 1.29 is 13.2 Å². The largest absolute Gasteiger partial charge is 0.336 e. The molecule has 2 saturated heterocycles. The van der Waals surface area contributed by atoms with Crippen LogP contribution in [0.15, 0.2) is 0 Å².